The summed E-state index contributed by atoms with van der Waals surface area (Å²) in [4.78, 5) is 32.1. The minimum Gasteiger partial charge on any atom is -0.444 e. The van der Waals surface area contributed by atoms with Crippen LogP contribution in [0.3, 0.4) is 0 Å². The molecule has 154 valence electrons. The summed E-state index contributed by atoms with van der Waals surface area (Å²) in [5.41, 5.74) is 1.24. The average Bonchev–Trinajstić information content (AvgIpc) is 3.09. The molecule has 0 aromatic carbocycles. The van der Waals surface area contributed by atoms with Crippen molar-refractivity contribution in [1.29, 1.82) is 0 Å². The number of hydrogen-bond donors (Lipinski definition) is 1. The fraction of sp³-hybridized carbons (Fsp3) is 0.476. The molecule has 0 spiro atoms. The summed E-state index contributed by atoms with van der Waals surface area (Å²) < 4.78 is 7.58. The zero-order valence-electron chi connectivity index (χ0n) is 17.0. The number of ether oxygens (including phenoxy) is 1. The summed E-state index contributed by atoms with van der Waals surface area (Å²) in [6.07, 6.45) is 6.18. The average molecular weight is 415 g/mol. The molecule has 2 amide bonds. The van der Waals surface area contributed by atoms with Crippen molar-refractivity contribution in [2.75, 3.05) is 13.1 Å². The Morgan fingerprint density at radius 3 is 2.93 bits per heavy atom. The maximum absolute atomic E-state index is 12.8. The van der Waals surface area contributed by atoms with Gasteiger partial charge in [-0.3, -0.25) is 9.20 Å². The monoisotopic (exact) mass is 414 g/mol. The molecule has 1 N–H and O–H groups in total. The van der Waals surface area contributed by atoms with E-state index in [4.69, 9.17) is 4.74 Å². The van der Waals surface area contributed by atoms with E-state index in [2.05, 4.69) is 10.3 Å². The number of likely N-dealkylation sites (tertiary alicyclic amines) is 1. The molecule has 0 saturated carbocycles. The van der Waals surface area contributed by atoms with Crippen molar-refractivity contribution in [3.8, 4) is 0 Å². The van der Waals surface area contributed by atoms with Crippen LogP contribution in [-0.4, -0.2) is 51.0 Å². The molecule has 0 bridgehead atoms. The van der Waals surface area contributed by atoms with Crippen LogP contribution < -0.4 is 5.32 Å². The first-order valence-electron chi connectivity index (χ1n) is 9.96. The molecule has 2 aromatic rings. The lowest BCUT2D eigenvalue weighted by molar-refractivity contribution is -0.117. The second kappa shape index (κ2) is 7.74. The topological polar surface area (TPSA) is 75.9 Å². The predicted molar refractivity (Wildman–Crippen MR) is 113 cm³/mol. The molecular formula is C21H26N4O3S. The fourth-order valence-corrected chi connectivity index (χ4v) is 4.68. The zero-order chi connectivity index (χ0) is 20.6. The Morgan fingerprint density at radius 1 is 1.31 bits per heavy atom. The smallest absolute Gasteiger partial charge is 0.410 e. The molecule has 0 radical (unpaired) electrons. The Kier molecular flexibility index (Phi) is 5.29. The maximum Gasteiger partial charge on any atom is 0.410 e. The Labute approximate surface area is 174 Å². The van der Waals surface area contributed by atoms with Gasteiger partial charge in [0.15, 0.2) is 0 Å². The van der Waals surface area contributed by atoms with Gasteiger partial charge in [-0.1, -0.05) is 17.8 Å². The van der Waals surface area contributed by atoms with E-state index in [0.29, 0.717) is 18.0 Å². The molecule has 4 rings (SSSR count). The van der Waals surface area contributed by atoms with E-state index in [1.54, 1.807) is 11.1 Å². The minimum absolute atomic E-state index is 0.0503. The normalized spacial score (nSPS) is 19.1. The van der Waals surface area contributed by atoms with Gasteiger partial charge in [-0.25, -0.2) is 9.78 Å². The number of nitrogens with zero attached hydrogens (tertiary/aromatic N) is 3. The zero-order valence-corrected chi connectivity index (χ0v) is 17.8. The van der Waals surface area contributed by atoms with Crippen molar-refractivity contribution in [2.24, 2.45) is 0 Å². The lowest BCUT2D eigenvalue weighted by atomic mass is 10.0. The summed E-state index contributed by atoms with van der Waals surface area (Å²) in [6.45, 7) is 6.67. The minimum atomic E-state index is -0.532. The number of nitrogens with one attached hydrogen (secondary N) is 1. The standard InChI is InChI=1S/C21H26N4O3S/c1-21(2,3)28-20(27)24-10-5-4-7-14(24)12-23-19(26)16-11-15-13-22-17-8-6-9-18(29-16)25(15)17/h6,8-9,11,13-14H,4-5,7,10,12H2,1-3H3,(H,23,26). The van der Waals surface area contributed by atoms with Gasteiger partial charge in [0.25, 0.3) is 5.91 Å². The van der Waals surface area contributed by atoms with Crippen molar-refractivity contribution in [1.82, 2.24) is 19.6 Å². The Balaban J connectivity index is 1.42. The number of aromatic nitrogens is 2. The fourth-order valence-electron chi connectivity index (χ4n) is 3.67. The number of rotatable bonds is 3. The van der Waals surface area contributed by atoms with Crippen LogP contribution in [0, 0.1) is 0 Å². The van der Waals surface area contributed by atoms with Crippen LogP contribution in [-0.2, 0) is 9.53 Å². The lowest BCUT2D eigenvalue weighted by Crippen LogP contribution is -2.50. The highest BCUT2D eigenvalue weighted by Crippen LogP contribution is 2.34. The van der Waals surface area contributed by atoms with Crippen molar-refractivity contribution in [3.05, 3.63) is 35.0 Å². The summed E-state index contributed by atoms with van der Waals surface area (Å²) in [6, 6.07) is 5.82. The molecule has 29 heavy (non-hydrogen) atoms. The van der Waals surface area contributed by atoms with Crippen LogP contribution in [0.4, 0.5) is 4.79 Å². The van der Waals surface area contributed by atoms with E-state index < -0.39 is 5.60 Å². The highest BCUT2D eigenvalue weighted by atomic mass is 32.2. The van der Waals surface area contributed by atoms with Gasteiger partial charge in [-0.15, -0.1) is 0 Å². The van der Waals surface area contributed by atoms with E-state index in [9.17, 15) is 9.59 Å². The molecule has 1 fully saturated rings. The first-order valence-corrected chi connectivity index (χ1v) is 10.8. The van der Waals surface area contributed by atoms with Crippen LogP contribution in [0.15, 0.2) is 34.3 Å². The van der Waals surface area contributed by atoms with E-state index in [0.717, 1.165) is 35.6 Å². The number of imidazole rings is 1. The van der Waals surface area contributed by atoms with Gasteiger partial charge in [-0.2, -0.15) is 0 Å². The second-order valence-electron chi connectivity index (χ2n) is 8.38. The second-order valence-corrected chi connectivity index (χ2v) is 9.45. The van der Waals surface area contributed by atoms with Crippen molar-refractivity contribution in [3.63, 3.8) is 0 Å². The predicted octanol–water partition coefficient (Wildman–Crippen LogP) is 3.69. The van der Waals surface area contributed by atoms with E-state index in [1.165, 1.54) is 11.8 Å². The SMILES string of the molecule is CC(C)(C)OC(=O)N1CCCCC1CNC(=O)C1=Cc2cnc3cccc(n23)S1. The first-order chi connectivity index (χ1) is 13.8. The van der Waals surface area contributed by atoms with Gasteiger partial charge >= 0.3 is 6.09 Å². The van der Waals surface area contributed by atoms with Crippen molar-refractivity contribution < 1.29 is 14.3 Å². The van der Waals surface area contributed by atoms with Crippen LogP contribution in [0.2, 0.25) is 0 Å². The van der Waals surface area contributed by atoms with Gasteiger partial charge in [0.05, 0.1) is 27.9 Å². The molecule has 8 heteroatoms. The molecule has 4 heterocycles. The third kappa shape index (κ3) is 4.27. The van der Waals surface area contributed by atoms with E-state index in [1.807, 2.05) is 49.4 Å². The number of amides is 2. The number of carbonyl (C=O) groups excluding carboxylic acids is 2. The summed E-state index contributed by atoms with van der Waals surface area (Å²) in [5, 5.41) is 3.99. The number of piperidine rings is 1. The van der Waals surface area contributed by atoms with Gasteiger partial charge in [0.1, 0.15) is 11.2 Å². The number of thioether (sulfide) groups is 1. The molecule has 2 aliphatic rings. The van der Waals surface area contributed by atoms with Crippen LogP contribution >= 0.6 is 11.8 Å². The summed E-state index contributed by atoms with van der Waals surface area (Å²) in [5.74, 6) is -0.130. The highest BCUT2D eigenvalue weighted by Gasteiger charge is 2.31. The van der Waals surface area contributed by atoms with Gasteiger partial charge < -0.3 is 15.0 Å². The molecule has 1 atom stereocenters. The third-order valence-corrected chi connectivity index (χ3v) is 6.04. The quantitative estimate of drug-likeness (QED) is 0.829. The van der Waals surface area contributed by atoms with Crippen molar-refractivity contribution in [2.45, 2.75) is 56.7 Å². The molecule has 1 unspecified atom stereocenters. The molecule has 2 aromatic heterocycles. The highest BCUT2D eigenvalue weighted by molar-refractivity contribution is 8.04. The van der Waals surface area contributed by atoms with Gasteiger partial charge in [0.2, 0.25) is 0 Å². The van der Waals surface area contributed by atoms with Gasteiger partial charge in [-0.05, 0) is 58.2 Å². The van der Waals surface area contributed by atoms with E-state index in [-0.39, 0.29) is 18.0 Å². The largest absolute Gasteiger partial charge is 0.444 e. The van der Waals surface area contributed by atoms with Gasteiger partial charge in [0, 0.05) is 13.1 Å². The van der Waals surface area contributed by atoms with Crippen LogP contribution in [0.25, 0.3) is 11.7 Å². The summed E-state index contributed by atoms with van der Waals surface area (Å²) >= 11 is 1.43. The molecule has 1 saturated heterocycles. The number of pyridine rings is 1. The molecule has 2 aliphatic heterocycles. The molecule has 7 nitrogen and oxygen atoms in total. The van der Waals surface area contributed by atoms with E-state index >= 15 is 0 Å². The number of hydrogen-bond acceptors (Lipinski definition) is 5. The Morgan fingerprint density at radius 2 is 2.14 bits per heavy atom. The molecule has 0 aliphatic carbocycles. The third-order valence-electron chi connectivity index (χ3n) is 4.99. The van der Waals surface area contributed by atoms with Crippen LogP contribution in [0.5, 0.6) is 0 Å². The first kappa shape index (κ1) is 19.8. The van der Waals surface area contributed by atoms with Crippen LogP contribution in [0.1, 0.15) is 45.7 Å². The van der Waals surface area contributed by atoms with Crippen molar-refractivity contribution >= 4 is 35.5 Å². The Bertz CT molecular complexity index is 976. The lowest BCUT2D eigenvalue weighted by Gasteiger charge is -2.36. The molecular weight excluding hydrogens is 388 g/mol. The summed E-state index contributed by atoms with van der Waals surface area (Å²) in [7, 11) is 0. The maximum atomic E-state index is 12.8. The Hall–Kier alpha value is -2.48. The number of carbonyl (C=O) groups is 2.